The van der Waals surface area contributed by atoms with Gasteiger partial charge in [0, 0.05) is 5.56 Å². The molecule has 19 heavy (non-hydrogen) atoms. The Balaban J connectivity index is 2.37. The highest BCUT2D eigenvalue weighted by atomic mass is 16.5. The lowest BCUT2D eigenvalue weighted by molar-refractivity contribution is 0.121. The molecular formula is C16H25NO2. The minimum absolute atomic E-state index is 0.290. The van der Waals surface area contributed by atoms with Gasteiger partial charge in [-0.15, -0.1) is 0 Å². The topological polar surface area (TPSA) is 30.5 Å². The van der Waals surface area contributed by atoms with Crippen molar-refractivity contribution in [1.29, 1.82) is 0 Å². The first-order chi connectivity index (χ1) is 9.27. The van der Waals surface area contributed by atoms with E-state index >= 15 is 0 Å². The summed E-state index contributed by atoms with van der Waals surface area (Å²) in [5.41, 5.74) is 4.04. The van der Waals surface area contributed by atoms with Crippen LogP contribution in [-0.4, -0.2) is 26.4 Å². The zero-order chi connectivity index (χ0) is 13.7. The lowest BCUT2D eigenvalue weighted by Crippen LogP contribution is -2.26. The average Bonchev–Trinajstić information content (AvgIpc) is 2.63. The van der Waals surface area contributed by atoms with Crippen molar-refractivity contribution in [3.8, 4) is 5.75 Å². The molecule has 0 amide bonds. The summed E-state index contributed by atoms with van der Waals surface area (Å²) in [5.74, 6) is 1.02. The number of nitrogens with one attached hydrogen (secondary N) is 1. The van der Waals surface area contributed by atoms with E-state index in [1.807, 2.05) is 6.92 Å². The molecular weight excluding hydrogens is 238 g/mol. The van der Waals surface area contributed by atoms with Gasteiger partial charge in [-0.3, -0.25) is 0 Å². The lowest BCUT2D eigenvalue weighted by Gasteiger charge is -2.22. The normalized spacial score (nSPS) is 18.8. The summed E-state index contributed by atoms with van der Waals surface area (Å²) in [4.78, 5) is 0. The first-order valence-electron chi connectivity index (χ1n) is 7.34. The van der Waals surface area contributed by atoms with Crippen molar-refractivity contribution in [3.05, 3.63) is 28.8 Å². The van der Waals surface area contributed by atoms with E-state index in [0.717, 1.165) is 38.3 Å². The Morgan fingerprint density at radius 3 is 2.95 bits per heavy atom. The molecule has 1 atom stereocenters. The fourth-order valence-electron chi connectivity index (χ4n) is 2.73. The summed E-state index contributed by atoms with van der Waals surface area (Å²) in [6.45, 7) is 9.67. The summed E-state index contributed by atoms with van der Waals surface area (Å²) >= 11 is 0. The van der Waals surface area contributed by atoms with Crippen LogP contribution in [0.1, 0.15) is 43.0 Å². The van der Waals surface area contributed by atoms with Gasteiger partial charge in [-0.1, -0.05) is 13.0 Å². The van der Waals surface area contributed by atoms with E-state index in [2.05, 4.69) is 31.3 Å². The second-order valence-corrected chi connectivity index (χ2v) is 5.04. The van der Waals surface area contributed by atoms with Crippen LogP contribution in [-0.2, 0) is 11.2 Å². The smallest absolute Gasteiger partial charge is 0.122 e. The van der Waals surface area contributed by atoms with Gasteiger partial charge >= 0.3 is 0 Å². The van der Waals surface area contributed by atoms with Crippen molar-refractivity contribution in [3.63, 3.8) is 0 Å². The van der Waals surface area contributed by atoms with Crippen molar-refractivity contribution in [1.82, 2.24) is 5.32 Å². The van der Waals surface area contributed by atoms with Crippen LogP contribution in [0.5, 0.6) is 5.75 Å². The zero-order valence-corrected chi connectivity index (χ0v) is 12.3. The minimum Gasteiger partial charge on any atom is -0.494 e. The average molecular weight is 263 g/mol. The van der Waals surface area contributed by atoms with Gasteiger partial charge in [-0.2, -0.15) is 0 Å². The summed E-state index contributed by atoms with van der Waals surface area (Å²) in [7, 11) is 0. The maximum absolute atomic E-state index is 5.78. The molecule has 3 nitrogen and oxygen atoms in total. The standard InChI is InChI=1S/C16H25NO2/c1-4-9-17-14-11-18-10-8-13-15(19-5-2)7-6-12(3)16(13)14/h6-7,14,17H,4-5,8-11H2,1-3H3. The molecule has 2 rings (SSSR count). The van der Waals surface area contributed by atoms with Crippen LogP contribution in [0.15, 0.2) is 12.1 Å². The van der Waals surface area contributed by atoms with Gasteiger partial charge in [0.05, 0.1) is 25.9 Å². The van der Waals surface area contributed by atoms with Gasteiger partial charge in [0.2, 0.25) is 0 Å². The largest absolute Gasteiger partial charge is 0.494 e. The van der Waals surface area contributed by atoms with Gasteiger partial charge in [0.15, 0.2) is 0 Å². The third-order valence-electron chi connectivity index (χ3n) is 3.60. The number of aryl methyl sites for hydroxylation is 1. The lowest BCUT2D eigenvalue weighted by atomic mass is 9.93. The Morgan fingerprint density at radius 1 is 1.37 bits per heavy atom. The number of ether oxygens (including phenoxy) is 2. The summed E-state index contributed by atoms with van der Waals surface area (Å²) < 4.78 is 11.5. The van der Waals surface area contributed by atoms with Crippen molar-refractivity contribution < 1.29 is 9.47 Å². The van der Waals surface area contributed by atoms with E-state index in [4.69, 9.17) is 9.47 Å². The fraction of sp³-hybridized carbons (Fsp3) is 0.625. The SMILES string of the molecule is CCCNC1COCCc2c(OCC)ccc(C)c21. The molecule has 1 aromatic carbocycles. The number of hydrogen-bond donors (Lipinski definition) is 1. The Kier molecular flexibility index (Phi) is 5.23. The molecule has 1 unspecified atom stereocenters. The van der Waals surface area contributed by atoms with Gasteiger partial charge in [0.1, 0.15) is 5.75 Å². The summed E-state index contributed by atoms with van der Waals surface area (Å²) in [5, 5.41) is 3.60. The highest BCUT2D eigenvalue weighted by Crippen LogP contribution is 2.33. The number of benzene rings is 1. The van der Waals surface area contributed by atoms with Crippen LogP contribution in [0.25, 0.3) is 0 Å². The highest BCUT2D eigenvalue weighted by Gasteiger charge is 2.23. The molecule has 0 aliphatic carbocycles. The maximum atomic E-state index is 5.78. The van der Waals surface area contributed by atoms with Crippen LogP contribution in [0, 0.1) is 6.92 Å². The number of rotatable bonds is 5. The number of hydrogen-bond acceptors (Lipinski definition) is 3. The molecule has 0 spiro atoms. The Bertz CT molecular complexity index is 417. The molecule has 0 saturated carbocycles. The quantitative estimate of drug-likeness (QED) is 0.886. The molecule has 0 aromatic heterocycles. The second kappa shape index (κ2) is 6.92. The van der Waals surface area contributed by atoms with E-state index in [1.54, 1.807) is 0 Å². The van der Waals surface area contributed by atoms with Gasteiger partial charge < -0.3 is 14.8 Å². The molecule has 0 fully saturated rings. The van der Waals surface area contributed by atoms with E-state index in [0.29, 0.717) is 6.61 Å². The minimum atomic E-state index is 0.290. The third-order valence-corrected chi connectivity index (χ3v) is 3.60. The molecule has 1 aliphatic heterocycles. The third kappa shape index (κ3) is 3.28. The maximum Gasteiger partial charge on any atom is 0.122 e. The first kappa shape index (κ1) is 14.4. The summed E-state index contributed by atoms with van der Waals surface area (Å²) in [6, 6.07) is 4.55. The van der Waals surface area contributed by atoms with Crippen molar-refractivity contribution in [2.45, 2.75) is 39.7 Å². The predicted molar refractivity (Wildman–Crippen MR) is 77.9 cm³/mol. The Labute approximate surface area is 116 Å². The molecule has 3 heteroatoms. The van der Waals surface area contributed by atoms with Crippen LogP contribution >= 0.6 is 0 Å². The van der Waals surface area contributed by atoms with E-state index in [1.165, 1.54) is 16.7 Å². The van der Waals surface area contributed by atoms with Crippen LogP contribution in [0.4, 0.5) is 0 Å². The van der Waals surface area contributed by atoms with Crippen LogP contribution in [0.2, 0.25) is 0 Å². The van der Waals surface area contributed by atoms with Crippen molar-refractivity contribution in [2.75, 3.05) is 26.4 Å². The van der Waals surface area contributed by atoms with E-state index < -0.39 is 0 Å². The molecule has 1 aliphatic rings. The number of fused-ring (bicyclic) bond motifs is 1. The summed E-state index contributed by atoms with van der Waals surface area (Å²) in [6.07, 6.45) is 2.08. The Morgan fingerprint density at radius 2 is 2.21 bits per heavy atom. The molecule has 106 valence electrons. The van der Waals surface area contributed by atoms with E-state index in [9.17, 15) is 0 Å². The van der Waals surface area contributed by atoms with Crippen molar-refractivity contribution in [2.24, 2.45) is 0 Å². The van der Waals surface area contributed by atoms with Crippen LogP contribution in [0.3, 0.4) is 0 Å². The molecule has 1 heterocycles. The monoisotopic (exact) mass is 263 g/mol. The second-order valence-electron chi connectivity index (χ2n) is 5.04. The molecule has 0 bridgehead atoms. The fourth-order valence-corrected chi connectivity index (χ4v) is 2.73. The van der Waals surface area contributed by atoms with Crippen LogP contribution < -0.4 is 10.1 Å². The molecule has 0 radical (unpaired) electrons. The van der Waals surface area contributed by atoms with E-state index in [-0.39, 0.29) is 6.04 Å². The highest BCUT2D eigenvalue weighted by molar-refractivity contribution is 5.47. The first-order valence-corrected chi connectivity index (χ1v) is 7.34. The molecule has 1 aromatic rings. The van der Waals surface area contributed by atoms with Gasteiger partial charge in [-0.05, 0) is 50.4 Å². The zero-order valence-electron chi connectivity index (χ0n) is 12.3. The Hall–Kier alpha value is -1.06. The van der Waals surface area contributed by atoms with Crippen molar-refractivity contribution >= 4 is 0 Å². The predicted octanol–water partition coefficient (Wildman–Crippen LogP) is 3.01. The van der Waals surface area contributed by atoms with Gasteiger partial charge in [0.25, 0.3) is 0 Å². The molecule has 0 saturated heterocycles. The van der Waals surface area contributed by atoms with Gasteiger partial charge in [-0.25, -0.2) is 0 Å². The molecule has 1 N–H and O–H groups in total.